The number of hydrogen-bond donors (Lipinski definition) is 1. The highest BCUT2D eigenvalue weighted by atomic mass is 16.3. The minimum atomic E-state index is 0.148. The van der Waals surface area contributed by atoms with Crippen LogP contribution in [0.1, 0.15) is 58.1 Å². The summed E-state index contributed by atoms with van der Waals surface area (Å²) in [5.41, 5.74) is 1.43. The van der Waals surface area contributed by atoms with Gasteiger partial charge in [0.15, 0.2) is 0 Å². The molecule has 0 bridgehead atoms. The van der Waals surface area contributed by atoms with Crippen LogP contribution in [0.15, 0.2) is 6.20 Å². The smallest absolute Gasteiger partial charge is 0.0849 e. The van der Waals surface area contributed by atoms with Gasteiger partial charge in [0.25, 0.3) is 0 Å². The van der Waals surface area contributed by atoms with Crippen molar-refractivity contribution < 1.29 is 5.11 Å². The molecule has 0 amide bonds. The zero-order valence-electron chi connectivity index (χ0n) is 14.7. The number of likely N-dealkylation sites (tertiary alicyclic amines) is 1. The summed E-state index contributed by atoms with van der Waals surface area (Å²) in [7, 11) is 0. The van der Waals surface area contributed by atoms with Gasteiger partial charge in [-0.1, -0.05) is 25.5 Å². The zero-order valence-corrected chi connectivity index (χ0v) is 14.7. The van der Waals surface area contributed by atoms with Crippen molar-refractivity contribution in [1.82, 2.24) is 19.9 Å². The molecule has 1 aromatic heterocycles. The highest BCUT2D eigenvalue weighted by molar-refractivity contribution is 4.93. The molecule has 1 aliphatic carbocycles. The van der Waals surface area contributed by atoms with Gasteiger partial charge in [-0.25, -0.2) is 0 Å². The molecule has 2 aliphatic rings. The Kier molecular flexibility index (Phi) is 5.37. The van der Waals surface area contributed by atoms with Crippen molar-refractivity contribution >= 4 is 0 Å². The van der Waals surface area contributed by atoms with Crippen molar-refractivity contribution in [3.05, 3.63) is 11.9 Å². The van der Waals surface area contributed by atoms with Crippen LogP contribution in [0, 0.1) is 11.3 Å². The molecule has 0 radical (unpaired) electrons. The normalized spacial score (nSPS) is 26.5. The van der Waals surface area contributed by atoms with E-state index >= 15 is 0 Å². The van der Waals surface area contributed by atoms with Crippen molar-refractivity contribution in [3.8, 4) is 0 Å². The summed E-state index contributed by atoms with van der Waals surface area (Å²) in [5.74, 6) is 0.714. The van der Waals surface area contributed by atoms with Crippen molar-refractivity contribution in [2.75, 3.05) is 19.7 Å². The molecule has 23 heavy (non-hydrogen) atoms. The van der Waals surface area contributed by atoms with Gasteiger partial charge in [-0.05, 0) is 56.5 Å². The van der Waals surface area contributed by atoms with Crippen LogP contribution in [0.3, 0.4) is 0 Å². The quantitative estimate of drug-likeness (QED) is 0.905. The van der Waals surface area contributed by atoms with E-state index in [0.717, 1.165) is 18.3 Å². The molecule has 5 nitrogen and oxygen atoms in total. The summed E-state index contributed by atoms with van der Waals surface area (Å²) < 4.78 is 1.97. The highest BCUT2D eigenvalue weighted by Gasteiger charge is 2.33. The molecule has 2 heterocycles. The van der Waals surface area contributed by atoms with E-state index in [1.807, 2.05) is 10.9 Å². The maximum atomic E-state index is 8.96. The molecular formula is C18H32N4O. The maximum Gasteiger partial charge on any atom is 0.0849 e. The number of piperidine rings is 1. The first-order valence-electron chi connectivity index (χ1n) is 9.30. The molecule has 0 aromatic carbocycles. The minimum absolute atomic E-state index is 0.148. The minimum Gasteiger partial charge on any atom is -0.396 e. The molecule has 1 N–H and O–H groups in total. The molecule has 1 saturated heterocycles. The van der Waals surface area contributed by atoms with E-state index < -0.39 is 0 Å². The van der Waals surface area contributed by atoms with Crippen LogP contribution in [0.5, 0.6) is 0 Å². The Morgan fingerprint density at radius 2 is 2.04 bits per heavy atom. The van der Waals surface area contributed by atoms with E-state index in [-0.39, 0.29) is 6.61 Å². The predicted molar refractivity (Wildman–Crippen MR) is 91.1 cm³/mol. The maximum absolute atomic E-state index is 8.96. The van der Waals surface area contributed by atoms with Gasteiger partial charge in [0.1, 0.15) is 0 Å². The van der Waals surface area contributed by atoms with E-state index in [9.17, 15) is 0 Å². The molecule has 1 aromatic rings. The average Bonchev–Trinajstić information content (AvgIpc) is 2.95. The number of rotatable bonds is 5. The van der Waals surface area contributed by atoms with Crippen LogP contribution >= 0.6 is 0 Å². The lowest BCUT2D eigenvalue weighted by Gasteiger charge is -2.44. The lowest BCUT2D eigenvalue weighted by molar-refractivity contribution is 0.0620. The van der Waals surface area contributed by atoms with Gasteiger partial charge in [-0.2, -0.15) is 0 Å². The fraction of sp³-hybridized carbons (Fsp3) is 0.889. The SMILES string of the molecule is CC1(C)CCC[C@@H](N2CCC(Cn3cc(CCO)nn3)CC2)C1. The number of aromatic nitrogens is 3. The van der Waals surface area contributed by atoms with Gasteiger partial charge >= 0.3 is 0 Å². The van der Waals surface area contributed by atoms with Crippen LogP contribution in [0.25, 0.3) is 0 Å². The van der Waals surface area contributed by atoms with Crippen LogP contribution in [0.2, 0.25) is 0 Å². The molecular weight excluding hydrogens is 288 g/mol. The van der Waals surface area contributed by atoms with Gasteiger partial charge in [-0.15, -0.1) is 5.10 Å². The Labute approximate surface area is 140 Å². The first kappa shape index (κ1) is 16.9. The fourth-order valence-electron chi connectivity index (χ4n) is 4.39. The van der Waals surface area contributed by atoms with Crippen LogP contribution < -0.4 is 0 Å². The van der Waals surface area contributed by atoms with Gasteiger partial charge in [0.05, 0.1) is 5.69 Å². The van der Waals surface area contributed by atoms with Gasteiger partial charge in [0, 0.05) is 31.8 Å². The number of aliphatic hydroxyl groups excluding tert-OH is 1. The summed E-state index contributed by atoms with van der Waals surface area (Å²) in [6.07, 6.45) is 10.7. The lowest BCUT2D eigenvalue weighted by atomic mass is 9.74. The Bertz CT molecular complexity index is 491. The van der Waals surface area contributed by atoms with Crippen molar-refractivity contribution in [2.24, 2.45) is 11.3 Å². The molecule has 5 heteroatoms. The molecule has 130 valence electrons. The van der Waals surface area contributed by atoms with Crippen molar-refractivity contribution in [2.45, 2.75) is 71.4 Å². The number of hydrogen-bond acceptors (Lipinski definition) is 4. The van der Waals surface area contributed by atoms with E-state index in [1.54, 1.807) is 0 Å². The summed E-state index contributed by atoms with van der Waals surface area (Å²) in [4.78, 5) is 2.75. The van der Waals surface area contributed by atoms with Gasteiger partial charge in [-0.3, -0.25) is 4.68 Å². The topological polar surface area (TPSA) is 54.2 Å². The molecule has 3 rings (SSSR count). The third-order valence-electron chi connectivity index (χ3n) is 5.74. The molecule has 1 saturated carbocycles. The monoisotopic (exact) mass is 320 g/mol. The zero-order chi connectivity index (χ0) is 16.3. The summed E-state index contributed by atoms with van der Waals surface area (Å²) >= 11 is 0. The predicted octanol–water partition coefficient (Wildman–Crippen LogP) is 2.49. The Balaban J connectivity index is 1.46. The lowest BCUT2D eigenvalue weighted by Crippen LogP contribution is -2.45. The number of nitrogens with zero attached hydrogens (tertiary/aromatic N) is 4. The van der Waals surface area contributed by atoms with Crippen molar-refractivity contribution in [3.63, 3.8) is 0 Å². The van der Waals surface area contributed by atoms with E-state index in [0.29, 0.717) is 17.8 Å². The Hall–Kier alpha value is -0.940. The Morgan fingerprint density at radius 1 is 1.26 bits per heavy atom. The second kappa shape index (κ2) is 7.31. The largest absolute Gasteiger partial charge is 0.396 e. The standard InChI is InChI=1S/C18H32N4O/c1-18(2)8-3-4-17(12-18)21-9-5-15(6-10-21)13-22-14-16(7-11-23)19-20-22/h14-15,17,23H,3-13H2,1-2H3/t17-/m1/s1. The molecule has 1 aliphatic heterocycles. The van der Waals surface area contributed by atoms with E-state index in [4.69, 9.17) is 5.11 Å². The highest BCUT2D eigenvalue weighted by Crippen LogP contribution is 2.38. The second-order valence-electron chi connectivity index (χ2n) is 8.30. The first-order chi connectivity index (χ1) is 11.1. The van der Waals surface area contributed by atoms with Gasteiger partial charge < -0.3 is 10.0 Å². The third-order valence-corrected chi connectivity index (χ3v) is 5.74. The molecule has 0 spiro atoms. The average molecular weight is 320 g/mol. The van der Waals surface area contributed by atoms with Crippen LogP contribution in [-0.2, 0) is 13.0 Å². The van der Waals surface area contributed by atoms with E-state index in [1.165, 1.54) is 51.6 Å². The third kappa shape index (κ3) is 4.54. The Morgan fingerprint density at radius 3 is 2.74 bits per heavy atom. The summed E-state index contributed by atoms with van der Waals surface area (Å²) in [6, 6.07) is 0.808. The molecule has 0 unspecified atom stereocenters. The second-order valence-corrected chi connectivity index (χ2v) is 8.30. The first-order valence-corrected chi connectivity index (χ1v) is 9.30. The summed E-state index contributed by atoms with van der Waals surface area (Å²) in [6.45, 7) is 8.46. The summed E-state index contributed by atoms with van der Waals surface area (Å²) in [5, 5.41) is 17.3. The van der Waals surface area contributed by atoms with Crippen LogP contribution in [0.4, 0.5) is 0 Å². The molecule has 2 fully saturated rings. The number of aliphatic hydroxyl groups is 1. The molecule has 1 atom stereocenters. The fourth-order valence-corrected chi connectivity index (χ4v) is 4.39. The van der Waals surface area contributed by atoms with Crippen molar-refractivity contribution in [1.29, 1.82) is 0 Å². The van der Waals surface area contributed by atoms with E-state index in [2.05, 4.69) is 29.1 Å². The van der Waals surface area contributed by atoms with Crippen LogP contribution in [-0.4, -0.2) is 50.7 Å². The van der Waals surface area contributed by atoms with Gasteiger partial charge in [0.2, 0.25) is 0 Å².